The molecule has 102 valence electrons. The maximum Gasteiger partial charge on any atom is 0.205 e. The lowest BCUT2D eigenvalue weighted by molar-refractivity contribution is 0.415. The van der Waals surface area contributed by atoms with Gasteiger partial charge in [0, 0.05) is 15.6 Å². The molecule has 0 radical (unpaired) electrons. The second-order valence-electron chi connectivity index (χ2n) is 4.26. The summed E-state index contributed by atoms with van der Waals surface area (Å²) in [5.41, 5.74) is 8.55. The van der Waals surface area contributed by atoms with Crippen molar-refractivity contribution in [2.45, 2.75) is 0 Å². The number of ether oxygens (including phenoxy) is 1. The normalized spacial score (nSPS) is 10.9. The van der Waals surface area contributed by atoms with Crippen LogP contribution in [-0.2, 0) is 0 Å². The summed E-state index contributed by atoms with van der Waals surface area (Å²) in [6.07, 6.45) is 0. The van der Waals surface area contributed by atoms with Crippen molar-refractivity contribution in [3.8, 4) is 11.4 Å². The second-order valence-corrected chi connectivity index (χ2v) is 5.55. The van der Waals surface area contributed by atoms with Gasteiger partial charge in [-0.15, -0.1) is 0 Å². The Labute approximate surface area is 129 Å². The van der Waals surface area contributed by atoms with E-state index in [0.717, 1.165) is 26.9 Å². The minimum atomic E-state index is 0.399. The fourth-order valence-electron chi connectivity index (χ4n) is 2.11. The third-order valence-electron chi connectivity index (χ3n) is 3.04. The highest BCUT2D eigenvalue weighted by Crippen LogP contribution is 2.31. The molecule has 1 heterocycles. The van der Waals surface area contributed by atoms with E-state index < -0.39 is 0 Å². The molecular formula is C14H11BrClN3O. The van der Waals surface area contributed by atoms with Crippen molar-refractivity contribution in [2.75, 3.05) is 12.8 Å². The topological polar surface area (TPSA) is 53.1 Å². The lowest BCUT2D eigenvalue weighted by Gasteiger charge is -2.10. The molecule has 0 saturated carbocycles. The molecule has 0 unspecified atom stereocenters. The van der Waals surface area contributed by atoms with Gasteiger partial charge in [0.2, 0.25) is 5.95 Å². The van der Waals surface area contributed by atoms with Crippen molar-refractivity contribution in [3.05, 3.63) is 45.9 Å². The van der Waals surface area contributed by atoms with E-state index in [-0.39, 0.29) is 0 Å². The first-order valence-electron chi connectivity index (χ1n) is 5.87. The maximum atomic E-state index is 6.08. The minimum Gasteiger partial charge on any atom is -0.497 e. The lowest BCUT2D eigenvalue weighted by atomic mass is 10.2. The smallest absolute Gasteiger partial charge is 0.205 e. The molecule has 20 heavy (non-hydrogen) atoms. The number of halogens is 2. The van der Waals surface area contributed by atoms with Crippen LogP contribution in [0.5, 0.6) is 5.75 Å². The van der Waals surface area contributed by atoms with Crippen LogP contribution >= 0.6 is 27.5 Å². The first kappa shape index (κ1) is 13.3. The van der Waals surface area contributed by atoms with Crippen LogP contribution in [0.1, 0.15) is 0 Å². The van der Waals surface area contributed by atoms with Gasteiger partial charge in [-0.2, -0.15) is 0 Å². The van der Waals surface area contributed by atoms with Gasteiger partial charge in [0.15, 0.2) is 0 Å². The number of methoxy groups -OCH3 is 1. The zero-order valence-corrected chi connectivity index (χ0v) is 12.9. The molecule has 0 aliphatic carbocycles. The Balaban J connectivity index is 2.34. The molecule has 0 atom stereocenters. The van der Waals surface area contributed by atoms with Gasteiger partial charge in [0.05, 0.1) is 23.8 Å². The molecule has 0 aliphatic rings. The molecule has 3 aromatic rings. The van der Waals surface area contributed by atoms with Crippen LogP contribution in [0, 0.1) is 0 Å². The van der Waals surface area contributed by atoms with E-state index in [4.69, 9.17) is 22.1 Å². The van der Waals surface area contributed by atoms with E-state index in [0.29, 0.717) is 11.0 Å². The lowest BCUT2D eigenvalue weighted by Crippen LogP contribution is -2.01. The quantitative estimate of drug-likeness (QED) is 0.757. The van der Waals surface area contributed by atoms with Crippen LogP contribution in [0.2, 0.25) is 5.02 Å². The van der Waals surface area contributed by atoms with Crippen LogP contribution in [0.15, 0.2) is 40.9 Å². The summed E-state index contributed by atoms with van der Waals surface area (Å²) in [4.78, 5) is 4.36. The van der Waals surface area contributed by atoms with Crippen molar-refractivity contribution in [2.24, 2.45) is 0 Å². The van der Waals surface area contributed by atoms with Gasteiger partial charge in [-0.1, -0.05) is 11.6 Å². The van der Waals surface area contributed by atoms with Crippen molar-refractivity contribution in [1.29, 1.82) is 0 Å². The van der Waals surface area contributed by atoms with Gasteiger partial charge in [0.25, 0.3) is 0 Å². The highest BCUT2D eigenvalue weighted by Gasteiger charge is 2.13. The zero-order chi connectivity index (χ0) is 14.3. The van der Waals surface area contributed by atoms with Crippen LogP contribution in [0.25, 0.3) is 16.7 Å². The summed E-state index contributed by atoms with van der Waals surface area (Å²) >= 11 is 9.59. The van der Waals surface area contributed by atoms with Crippen molar-refractivity contribution in [1.82, 2.24) is 9.55 Å². The molecule has 0 spiro atoms. The van der Waals surface area contributed by atoms with Crippen molar-refractivity contribution >= 4 is 44.5 Å². The largest absolute Gasteiger partial charge is 0.497 e. The molecule has 1 aromatic heterocycles. The fraction of sp³-hybridized carbons (Fsp3) is 0.0714. The maximum absolute atomic E-state index is 6.08. The molecular weight excluding hydrogens is 342 g/mol. The number of benzene rings is 2. The average molecular weight is 353 g/mol. The third-order valence-corrected chi connectivity index (χ3v) is 3.94. The second kappa shape index (κ2) is 5.00. The zero-order valence-electron chi connectivity index (χ0n) is 10.6. The van der Waals surface area contributed by atoms with E-state index in [1.807, 2.05) is 41.0 Å². The summed E-state index contributed by atoms with van der Waals surface area (Å²) in [5, 5.41) is 0.632. The summed E-state index contributed by atoms with van der Waals surface area (Å²) in [7, 11) is 1.63. The molecule has 6 heteroatoms. The predicted octanol–water partition coefficient (Wildman–Crippen LogP) is 4.03. The van der Waals surface area contributed by atoms with Gasteiger partial charge in [-0.05, 0) is 46.3 Å². The van der Waals surface area contributed by atoms with E-state index >= 15 is 0 Å². The van der Waals surface area contributed by atoms with Crippen LogP contribution in [-0.4, -0.2) is 16.7 Å². The molecule has 0 bridgehead atoms. The number of nitrogens with two attached hydrogens (primary N) is 1. The van der Waals surface area contributed by atoms with Gasteiger partial charge >= 0.3 is 0 Å². The summed E-state index contributed by atoms with van der Waals surface area (Å²) in [6.45, 7) is 0. The van der Waals surface area contributed by atoms with Crippen LogP contribution < -0.4 is 10.5 Å². The van der Waals surface area contributed by atoms with Gasteiger partial charge in [-0.25, -0.2) is 4.98 Å². The molecule has 0 fully saturated rings. The van der Waals surface area contributed by atoms with E-state index in [1.165, 1.54) is 0 Å². The fourth-order valence-corrected chi connectivity index (χ4v) is 2.70. The summed E-state index contributed by atoms with van der Waals surface area (Å²) in [6, 6.07) is 11.1. The Morgan fingerprint density at radius 1 is 1.25 bits per heavy atom. The Kier molecular flexibility index (Phi) is 3.31. The average Bonchev–Trinajstić information content (AvgIpc) is 2.76. The SMILES string of the molecule is COc1ccc2nc(N)n(-c3cc(Cl)ccc3Br)c2c1. The Bertz CT molecular complexity index is 800. The summed E-state index contributed by atoms with van der Waals surface area (Å²) in [5.74, 6) is 1.15. The number of anilines is 1. The number of nitrogen functional groups attached to an aromatic ring is 1. The Morgan fingerprint density at radius 2 is 2.05 bits per heavy atom. The number of hydrogen-bond acceptors (Lipinski definition) is 3. The number of aromatic nitrogens is 2. The molecule has 0 saturated heterocycles. The Hall–Kier alpha value is -1.72. The van der Waals surface area contributed by atoms with Crippen molar-refractivity contribution < 1.29 is 4.74 Å². The highest BCUT2D eigenvalue weighted by atomic mass is 79.9. The molecule has 0 amide bonds. The summed E-state index contributed by atoms with van der Waals surface area (Å²) < 4.78 is 7.98. The van der Waals surface area contributed by atoms with Gasteiger partial charge in [0.1, 0.15) is 5.75 Å². The minimum absolute atomic E-state index is 0.399. The number of imidazole rings is 1. The van der Waals surface area contributed by atoms with Crippen LogP contribution in [0.4, 0.5) is 5.95 Å². The predicted molar refractivity (Wildman–Crippen MR) is 84.7 cm³/mol. The highest BCUT2D eigenvalue weighted by molar-refractivity contribution is 9.10. The molecule has 2 N–H and O–H groups in total. The third kappa shape index (κ3) is 2.13. The number of rotatable bonds is 2. The first-order valence-corrected chi connectivity index (χ1v) is 7.04. The van der Waals surface area contributed by atoms with E-state index in [9.17, 15) is 0 Å². The van der Waals surface area contributed by atoms with Crippen LogP contribution in [0.3, 0.4) is 0 Å². The first-order chi connectivity index (χ1) is 9.60. The number of fused-ring (bicyclic) bond motifs is 1. The number of hydrogen-bond donors (Lipinski definition) is 1. The van der Waals surface area contributed by atoms with Gasteiger partial charge in [-0.3, -0.25) is 4.57 Å². The molecule has 0 aliphatic heterocycles. The number of nitrogens with zero attached hydrogens (tertiary/aromatic N) is 2. The van der Waals surface area contributed by atoms with E-state index in [1.54, 1.807) is 7.11 Å². The monoisotopic (exact) mass is 351 g/mol. The van der Waals surface area contributed by atoms with Crippen molar-refractivity contribution in [3.63, 3.8) is 0 Å². The van der Waals surface area contributed by atoms with Gasteiger partial charge < -0.3 is 10.5 Å². The molecule has 4 nitrogen and oxygen atoms in total. The van der Waals surface area contributed by atoms with E-state index in [2.05, 4.69) is 20.9 Å². The standard InChI is InChI=1S/C14H11BrClN3O/c1-20-9-3-5-11-13(7-9)19(14(17)18-11)12-6-8(16)2-4-10(12)15/h2-7H,1H3,(H2,17,18). The molecule has 3 rings (SSSR count). The molecule has 2 aromatic carbocycles. The Morgan fingerprint density at radius 3 is 2.80 bits per heavy atom.